The van der Waals surface area contributed by atoms with Crippen LogP contribution in [0.4, 0.5) is 5.69 Å². The van der Waals surface area contributed by atoms with Gasteiger partial charge < -0.3 is 20.5 Å². The molecule has 1 aromatic carbocycles. The fourth-order valence-electron chi connectivity index (χ4n) is 1.98. The molecule has 8 heteroatoms. The molecule has 0 aliphatic carbocycles. The molecule has 1 rings (SSSR count). The minimum Gasteiger partial charge on any atom is -0.467 e. The van der Waals surface area contributed by atoms with E-state index in [4.69, 9.17) is 22.1 Å². The van der Waals surface area contributed by atoms with Crippen molar-refractivity contribution in [1.29, 1.82) is 0 Å². The van der Waals surface area contributed by atoms with Crippen LogP contribution in [0.25, 0.3) is 0 Å². The van der Waals surface area contributed by atoms with E-state index in [2.05, 4.69) is 10.1 Å². The highest BCUT2D eigenvalue weighted by atomic mass is 35.5. The summed E-state index contributed by atoms with van der Waals surface area (Å²) in [5.41, 5.74) is 5.93. The molecule has 1 amide bonds. The molecule has 132 valence electrons. The predicted molar refractivity (Wildman–Crippen MR) is 89.5 cm³/mol. The first kappa shape index (κ1) is 19.8. The molecular formula is C16H21ClN2O5. The Hall–Kier alpha value is -2.28. The van der Waals surface area contributed by atoms with E-state index in [9.17, 15) is 14.4 Å². The maximum Gasteiger partial charge on any atom is 0.340 e. The molecular weight excluding hydrogens is 336 g/mol. The second-order valence-electron chi connectivity index (χ2n) is 5.58. The number of hydrogen-bond acceptors (Lipinski definition) is 6. The first-order valence-electron chi connectivity index (χ1n) is 7.34. The number of rotatable bonds is 7. The number of nitrogens with two attached hydrogens (primary N) is 1. The molecule has 0 heterocycles. The highest BCUT2D eigenvalue weighted by molar-refractivity contribution is 6.31. The molecule has 24 heavy (non-hydrogen) atoms. The first-order valence-corrected chi connectivity index (χ1v) is 7.71. The molecule has 0 saturated heterocycles. The van der Waals surface area contributed by atoms with Crippen molar-refractivity contribution in [3.05, 3.63) is 28.8 Å². The van der Waals surface area contributed by atoms with Crippen LogP contribution in [0.1, 0.15) is 30.6 Å². The number of ether oxygens (including phenoxy) is 2. The summed E-state index contributed by atoms with van der Waals surface area (Å²) in [6, 6.07) is 3.56. The second-order valence-corrected chi connectivity index (χ2v) is 6.02. The number of anilines is 1. The lowest BCUT2D eigenvalue weighted by molar-refractivity contribution is -0.145. The van der Waals surface area contributed by atoms with Crippen LogP contribution in [0.5, 0.6) is 0 Å². The van der Waals surface area contributed by atoms with Gasteiger partial charge in [0.2, 0.25) is 0 Å². The monoisotopic (exact) mass is 356 g/mol. The number of nitrogen functional groups attached to an aromatic ring is 1. The largest absolute Gasteiger partial charge is 0.467 e. The van der Waals surface area contributed by atoms with Gasteiger partial charge in [-0.05, 0) is 30.5 Å². The van der Waals surface area contributed by atoms with Crippen LogP contribution in [-0.4, -0.2) is 37.6 Å². The number of halogens is 1. The minimum absolute atomic E-state index is 0.0713. The average Bonchev–Trinajstić information content (AvgIpc) is 2.53. The SMILES string of the molecule is COC(=O)[C@@H](CC(C)C)NC(=O)COC(=O)c1cc(Cl)ccc1N. The topological polar surface area (TPSA) is 108 Å². The van der Waals surface area contributed by atoms with Gasteiger partial charge in [0.15, 0.2) is 6.61 Å². The third-order valence-electron chi connectivity index (χ3n) is 3.10. The Morgan fingerprint density at radius 1 is 1.29 bits per heavy atom. The van der Waals surface area contributed by atoms with E-state index in [1.54, 1.807) is 0 Å². The highest BCUT2D eigenvalue weighted by Crippen LogP contribution is 2.18. The van der Waals surface area contributed by atoms with Crippen molar-refractivity contribution >= 4 is 35.1 Å². The number of carbonyl (C=O) groups is 3. The fraction of sp³-hybridized carbons (Fsp3) is 0.438. The van der Waals surface area contributed by atoms with Crippen LogP contribution in [-0.2, 0) is 19.1 Å². The van der Waals surface area contributed by atoms with Gasteiger partial charge in [-0.3, -0.25) is 4.79 Å². The summed E-state index contributed by atoms with van der Waals surface area (Å²) < 4.78 is 9.55. The normalized spacial score (nSPS) is 11.7. The van der Waals surface area contributed by atoms with Gasteiger partial charge in [-0.25, -0.2) is 9.59 Å². The van der Waals surface area contributed by atoms with Crippen molar-refractivity contribution in [2.24, 2.45) is 5.92 Å². The summed E-state index contributed by atoms with van der Waals surface area (Å²) in [4.78, 5) is 35.5. The fourth-order valence-corrected chi connectivity index (χ4v) is 2.15. The highest BCUT2D eigenvalue weighted by Gasteiger charge is 2.23. The molecule has 0 aliphatic rings. The molecule has 0 aliphatic heterocycles. The van der Waals surface area contributed by atoms with Crippen LogP contribution in [0.2, 0.25) is 5.02 Å². The van der Waals surface area contributed by atoms with Crippen LogP contribution in [0.15, 0.2) is 18.2 Å². The lowest BCUT2D eigenvalue weighted by Gasteiger charge is -2.18. The number of methoxy groups -OCH3 is 1. The Morgan fingerprint density at radius 2 is 1.96 bits per heavy atom. The van der Waals surface area contributed by atoms with E-state index >= 15 is 0 Å². The number of esters is 2. The van der Waals surface area contributed by atoms with Crippen LogP contribution in [0.3, 0.4) is 0 Å². The maximum atomic E-state index is 11.9. The molecule has 0 bridgehead atoms. The van der Waals surface area contributed by atoms with Gasteiger partial charge in [0.05, 0.1) is 12.7 Å². The van der Waals surface area contributed by atoms with E-state index < -0.39 is 30.5 Å². The standard InChI is InChI=1S/C16H21ClN2O5/c1-9(2)6-13(16(22)23-3)19-14(20)8-24-15(21)11-7-10(17)4-5-12(11)18/h4-5,7,9,13H,6,8,18H2,1-3H3,(H,19,20)/t13-/m1/s1. The van der Waals surface area contributed by atoms with Crippen molar-refractivity contribution < 1.29 is 23.9 Å². The molecule has 1 aromatic rings. The summed E-state index contributed by atoms with van der Waals surface area (Å²) >= 11 is 5.80. The summed E-state index contributed by atoms with van der Waals surface area (Å²) in [5, 5.41) is 2.81. The average molecular weight is 357 g/mol. The molecule has 3 N–H and O–H groups in total. The number of amides is 1. The number of carbonyl (C=O) groups excluding carboxylic acids is 3. The van der Waals surface area contributed by atoms with E-state index in [1.165, 1.54) is 25.3 Å². The zero-order valence-electron chi connectivity index (χ0n) is 13.8. The van der Waals surface area contributed by atoms with Gasteiger partial charge in [-0.2, -0.15) is 0 Å². The smallest absolute Gasteiger partial charge is 0.340 e. The Bertz CT molecular complexity index is 618. The third kappa shape index (κ3) is 6.08. The summed E-state index contributed by atoms with van der Waals surface area (Å²) in [5.74, 6) is -1.77. The first-order chi connectivity index (χ1) is 11.2. The predicted octanol–water partition coefficient (Wildman–Crippen LogP) is 1.78. The molecule has 0 aromatic heterocycles. The molecule has 0 unspecified atom stereocenters. The molecule has 0 saturated carbocycles. The number of benzene rings is 1. The van der Waals surface area contributed by atoms with E-state index in [-0.39, 0.29) is 17.2 Å². The second kappa shape index (κ2) is 9.12. The van der Waals surface area contributed by atoms with Gasteiger partial charge in [0.1, 0.15) is 6.04 Å². The van der Waals surface area contributed by atoms with E-state index in [0.29, 0.717) is 11.4 Å². The van der Waals surface area contributed by atoms with Crippen molar-refractivity contribution in [3.8, 4) is 0 Å². The Balaban J connectivity index is 2.62. The lowest BCUT2D eigenvalue weighted by atomic mass is 10.0. The van der Waals surface area contributed by atoms with Gasteiger partial charge in [0.25, 0.3) is 5.91 Å². The summed E-state index contributed by atoms with van der Waals surface area (Å²) in [6.07, 6.45) is 0.410. The van der Waals surface area contributed by atoms with Crippen LogP contribution >= 0.6 is 11.6 Å². The summed E-state index contributed by atoms with van der Waals surface area (Å²) in [7, 11) is 1.24. The maximum absolute atomic E-state index is 11.9. The lowest BCUT2D eigenvalue weighted by Crippen LogP contribution is -2.44. The minimum atomic E-state index is -0.794. The number of hydrogen-bond donors (Lipinski definition) is 2. The Labute approximate surface area is 145 Å². The van der Waals surface area contributed by atoms with Gasteiger partial charge in [-0.1, -0.05) is 25.4 Å². The van der Waals surface area contributed by atoms with Crippen molar-refractivity contribution in [1.82, 2.24) is 5.32 Å². The van der Waals surface area contributed by atoms with Crippen molar-refractivity contribution in [3.63, 3.8) is 0 Å². The van der Waals surface area contributed by atoms with Crippen LogP contribution < -0.4 is 11.1 Å². The molecule has 0 fully saturated rings. The van der Waals surface area contributed by atoms with Gasteiger partial charge >= 0.3 is 11.9 Å². The van der Waals surface area contributed by atoms with Crippen LogP contribution in [0, 0.1) is 5.92 Å². The molecule has 1 atom stereocenters. The zero-order chi connectivity index (χ0) is 18.3. The van der Waals surface area contributed by atoms with Crippen molar-refractivity contribution in [2.45, 2.75) is 26.3 Å². The molecule has 0 radical (unpaired) electrons. The number of nitrogens with one attached hydrogen (secondary N) is 1. The quantitative estimate of drug-likeness (QED) is 0.569. The van der Waals surface area contributed by atoms with Gasteiger partial charge in [-0.15, -0.1) is 0 Å². The summed E-state index contributed by atoms with van der Waals surface area (Å²) in [6.45, 7) is 3.27. The van der Waals surface area contributed by atoms with Crippen molar-refractivity contribution in [2.75, 3.05) is 19.5 Å². The molecule has 0 spiro atoms. The molecule has 7 nitrogen and oxygen atoms in total. The van der Waals surface area contributed by atoms with E-state index in [0.717, 1.165) is 0 Å². The van der Waals surface area contributed by atoms with E-state index in [1.807, 2.05) is 13.8 Å². The van der Waals surface area contributed by atoms with Gasteiger partial charge in [0, 0.05) is 10.7 Å². The Kier molecular flexibility index (Phi) is 7.51. The third-order valence-corrected chi connectivity index (χ3v) is 3.33. The Morgan fingerprint density at radius 3 is 2.54 bits per heavy atom. The zero-order valence-corrected chi connectivity index (χ0v) is 14.6.